The summed E-state index contributed by atoms with van der Waals surface area (Å²) in [5.74, 6) is 0.464. The molecule has 0 aliphatic carbocycles. The Kier molecular flexibility index (Phi) is 4.14. The van der Waals surface area contributed by atoms with Crippen molar-refractivity contribution in [3.8, 4) is 0 Å². The highest BCUT2D eigenvalue weighted by Crippen LogP contribution is 2.49. The van der Waals surface area contributed by atoms with Crippen molar-refractivity contribution in [1.29, 1.82) is 0 Å². The Morgan fingerprint density at radius 3 is 2.00 bits per heavy atom. The van der Waals surface area contributed by atoms with E-state index in [0.717, 1.165) is 6.35 Å². The molecule has 1 atom stereocenters. The summed E-state index contributed by atoms with van der Waals surface area (Å²) >= 11 is 0. The van der Waals surface area contributed by atoms with Gasteiger partial charge in [-0.05, 0) is 16.7 Å². The van der Waals surface area contributed by atoms with Gasteiger partial charge in [-0.2, -0.15) is 0 Å². The SMILES string of the molecule is C=C[C@H](OCp1c2ccccc2c2ccccc21)C(C)C. The first-order valence-electron chi connectivity index (χ1n) is 7.42. The van der Waals surface area contributed by atoms with Crippen molar-refractivity contribution in [2.45, 2.75) is 26.3 Å². The maximum atomic E-state index is 6.16. The highest BCUT2D eigenvalue weighted by atomic mass is 31.1. The van der Waals surface area contributed by atoms with Crippen molar-refractivity contribution < 1.29 is 4.74 Å². The second kappa shape index (κ2) is 6.05. The van der Waals surface area contributed by atoms with E-state index in [2.05, 4.69) is 69.0 Å². The van der Waals surface area contributed by atoms with E-state index in [9.17, 15) is 0 Å². The molecule has 1 heterocycles. The van der Waals surface area contributed by atoms with E-state index in [-0.39, 0.29) is 6.10 Å². The Labute approximate surface area is 127 Å². The number of fused-ring (bicyclic) bond motifs is 3. The molecule has 21 heavy (non-hydrogen) atoms. The van der Waals surface area contributed by atoms with E-state index in [4.69, 9.17) is 4.74 Å². The van der Waals surface area contributed by atoms with E-state index in [1.165, 1.54) is 21.0 Å². The molecule has 0 saturated carbocycles. The third kappa shape index (κ3) is 2.64. The zero-order valence-corrected chi connectivity index (χ0v) is 13.5. The predicted molar refractivity (Wildman–Crippen MR) is 94.1 cm³/mol. The average molecular weight is 296 g/mol. The summed E-state index contributed by atoms with van der Waals surface area (Å²) in [6.45, 7) is 8.25. The molecule has 1 aromatic heterocycles. The fourth-order valence-electron chi connectivity index (χ4n) is 2.84. The number of benzene rings is 2. The highest BCUT2D eigenvalue weighted by molar-refractivity contribution is 7.60. The lowest BCUT2D eigenvalue weighted by molar-refractivity contribution is 0.0640. The van der Waals surface area contributed by atoms with Gasteiger partial charge in [-0.1, -0.05) is 76.0 Å². The standard InChI is InChI=1S/C19H21OP/c1-4-17(14(2)3)20-13-21-18-11-7-5-9-15(18)16-10-6-8-12-19(16)21/h4-12,14,17H,1,13H2,2-3H3/t17-/m0/s1. The maximum absolute atomic E-state index is 6.16. The molecule has 0 fully saturated rings. The minimum absolute atomic E-state index is 0.132. The Morgan fingerprint density at radius 1 is 1.00 bits per heavy atom. The van der Waals surface area contributed by atoms with Gasteiger partial charge in [0, 0.05) is 10.2 Å². The van der Waals surface area contributed by atoms with Gasteiger partial charge in [-0.3, -0.25) is 0 Å². The Bertz CT molecular complexity index is 716. The molecule has 0 radical (unpaired) electrons. The summed E-state index contributed by atoms with van der Waals surface area (Å²) in [4.78, 5) is 0. The third-order valence-corrected chi connectivity index (χ3v) is 6.32. The van der Waals surface area contributed by atoms with Crippen LogP contribution in [0.3, 0.4) is 0 Å². The van der Waals surface area contributed by atoms with E-state index in [1.54, 1.807) is 0 Å². The quantitative estimate of drug-likeness (QED) is 0.512. The largest absolute Gasteiger partial charge is 0.365 e. The van der Waals surface area contributed by atoms with Gasteiger partial charge in [0.05, 0.1) is 12.5 Å². The minimum Gasteiger partial charge on any atom is -0.365 e. The van der Waals surface area contributed by atoms with Crippen molar-refractivity contribution in [2.24, 2.45) is 5.92 Å². The van der Waals surface area contributed by atoms with Crippen LogP contribution in [0.25, 0.3) is 21.0 Å². The second-order valence-corrected chi connectivity index (χ2v) is 7.78. The van der Waals surface area contributed by atoms with Gasteiger partial charge in [-0.25, -0.2) is 0 Å². The molecule has 3 aromatic rings. The molecule has 0 unspecified atom stereocenters. The van der Waals surface area contributed by atoms with Crippen LogP contribution >= 0.6 is 7.53 Å². The summed E-state index contributed by atoms with van der Waals surface area (Å²) < 4.78 is 6.16. The molecule has 0 aliphatic rings. The molecule has 0 N–H and O–H groups in total. The first kappa shape index (κ1) is 14.4. The van der Waals surface area contributed by atoms with Gasteiger partial charge in [-0.15, -0.1) is 6.58 Å². The van der Waals surface area contributed by atoms with E-state index >= 15 is 0 Å². The molecule has 3 rings (SSSR count). The smallest absolute Gasteiger partial charge is 0.0865 e. The van der Waals surface area contributed by atoms with Gasteiger partial charge in [0.25, 0.3) is 0 Å². The van der Waals surface area contributed by atoms with Gasteiger partial charge in [0.1, 0.15) is 0 Å². The zero-order chi connectivity index (χ0) is 14.8. The van der Waals surface area contributed by atoms with Crippen LogP contribution in [0.4, 0.5) is 0 Å². The average Bonchev–Trinajstić information content (AvgIpc) is 2.82. The maximum Gasteiger partial charge on any atom is 0.0865 e. The molecule has 2 heteroatoms. The molecule has 1 nitrogen and oxygen atoms in total. The molecule has 0 aliphatic heterocycles. The van der Waals surface area contributed by atoms with E-state index < -0.39 is 7.53 Å². The predicted octanol–water partition coefficient (Wildman–Crippen LogP) is 6.16. The molecule has 0 amide bonds. The lowest BCUT2D eigenvalue weighted by atomic mass is 10.1. The van der Waals surface area contributed by atoms with Crippen LogP contribution in [0.15, 0.2) is 61.2 Å². The molecular weight excluding hydrogens is 275 g/mol. The van der Waals surface area contributed by atoms with Crippen LogP contribution < -0.4 is 0 Å². The molecule has 0 bridgehead atoms. The molecule has 0 saturated heterocycles. The second-order valence-electron chi connectivity index (χ2n) is 5.70. The lowest BCUT2D eigenvalue weighted by Gasteiger charge is -2.17. The van der Waals surface area contributed by atoms with Crippen LogP contribution in [0, 0.1) is 5.92 Å². The fourth-order valence-corrected chi connectivity index (χ4v) is 5.20. The monoisotopic (exact) mass is 296 g/mol. The van der Waals surface area contributed by atoms with Crippen molar-refractivity contribution >= 4 is 28.5 Å². The molecule has 0 spiro atoms. The number of rotatable bonds is 5. The van der Waals surface area contributed by atoms with Gasteiger partial charge in [0.15, 0.2) is 0 Å². The number of hydrogen-bond acceptors (Lipinski definition) is 1. The van der Waals surface area contributed by atoms with Gasteiger partial charge < -0.3 is 4.74 Å². The number of hydrogen-bond donors (Lipinski definition) is 0. The van der Waals surface area contributed by atoms with Crippen molar-refractivity contribution in [1.82, 2.24) is 0 Å². The Balaban J connectivity index is 2.05. The van der Waals surface area contributed by atoms with Crippen LogP contribution in [0.2, 0.25) is 0 Å². The minimum atomic E-state index is -0.410. The fraction of sp³-hybridized carbons (Fsp3) is 0.263. The lowest BCUT2D eigenvalue weighted by Crippen LogP contribution is -2.15. The summed E-state index contributed by atoms with van der Waals surface area (Å²) in [6, 6.07) is 17.5. The Hall–Kier alpha value is -1.56. The van der Waals surface area contributed by atoms with E-state index in [0.29, 0.717) is 5.92 Å². The first-order chi connectivity index (χ1) is 10.2. The van der Waals surface area contributed by atoms with Gasteiger partial charge in [0.2, 0.25) is 0 Å². The van der Waals surface area contributed by atoms with Crippen LogP contribution in [0.5, 0.6) is 0 Å². The zero-order valence-electron chi connectivity index (χ0n) is 12.6. The van der Waals surface area contributed by atoms with Crippen LogP contribution in [-0.4, -0.2) is 6.10 Å². The van der Waals surface area contributed by atoms with Crippen LogP contribution in [-0.2, 0) is 11.1 Å². The Morgan fingerprint density at radius 2 is 1.52 bits per heavy atom. The molecule has 2 aromatic carbocycles. The summed E-state index contributed by atoms with van der Waals surface area (Å²) in [7, 11) is -0.410. The number of ether oxygens (including phenoxy) is 1. The van der Waals surface area contributed by atoms with Gasteiger partial charge >= 0.3 is 0 Å². The molecule has 108 valence electrons. The van der Waals surface area contributed by atoms with Crippen molar-refractivity contribution in [2.75, 3.05) is 0 Å². The summed E-state index contributed by atoms with van der Waals surface area (Å²) in [6.07, 6.45) is 2.83. The van der Waals surface area contributed by atoms with Crippen molar-refractivity contribution in [3.63, 3.8) is 0 Å². The normalized spacial score (nSPS) is 13.1. The van der Waals surface area contributed by atoms with Crippen molar-refractivity contribution in [3.05, 3.63) is 61.2 Å². The summed E-state index contributed by atoms with van der Waals surface area (Å²) in [5.41, 5.74) is 0. The highest BCUT2D eigenvalue weighted by Gasteiger charge is 2.14. The topological polar surface area (TPSA) is 9.23 Å². The van der Waals surface area contributed by atoms with Crippen LogP contribution in [0.1, 0.15) is 13.8 Å². The third-order valence-electron chi connectivity index (χ3n) is 3.97. The first-order valence-corrected chi connectivity index (χ1v) is 8.95. The van der Waals surface area contributed by atoms with E-state index in [1.807, 2.05) is 6.08 Å². The molecular formula is C19H21OP. The summed E-state index contributed by atoms with van der Waals surface area (Å²) in [5, 5.41) is 5.64.